The maximum Gasteiger partial charge on any atom is 0.231 e. The van der Waals surface area contributed by atoms with Crippen LogP contribution in [0.3, 0.4) is 0 Å². The number of aromatic nitrogens is 2. The molecular formula is C12H21N5OS. The van der Waals surface area contributed by atoms with E-state index in [-0.39, 0.29) is 5.91 Å². The van der Waals surface area contributed by atoms with Crippen LogP contribution in [0.25, 0.3) is 0 Å². The molecule has 2 rings (SSSR count). The number of nitrogens with one attached hydrogen (secondary N) is 1. The highest BCUT2D eigenvalue weighted by atomic mass is 32.1. The van der Waals surface area contributed by atoms with Crippen LogP contribution in [0.4, 0.5) is 5.13 Å². The summed E-state index contributed by atoms with van der Waals surface area (Å²) in [5, 5.41) is 4.35. The van der Waals surface area contributed by atoms with Crippen molar-refractivity contribution in [2.75, 3.05) is 25.0 Å². The fraction of sp³-hybridized carbons (Fsp3) is 0.750. The molecule has 0 atom stereocenters. The molecule has 1 aliphatic heterocycles. The molecule has 0 aromatic carbocycles. The van der Waals surface area contributed by atoms with Gasteiger partial charge in [-0.1, -0.05) is 6.92 Å². The molecule has 0 saturated carbocycles. The number of anilines is 1. The molecule has 106 valence electrons. The number of piperidine rings is 1. The van der Waals surface area contributed by atoms with E-state index in [1.54, 1.807) is 0 Å². The smallest absolute Gasteiger partial charge is 0.231 e. The predicted molar refractivity (Wildman–Crippen MR) is 76.2 cm³/mol. The number of amides is 1. The molecule has 0 spiro atoms. The number of rotatable bonds is 6. The standard InChI is InChI=1S/C12H21N5OS/c1-2-3-11-15-12(19-16-11)14-9-4-6-17(7-5-9)8-10(13)18/h9H,2-8H2,1H3,(H2,13,18)(H,14,15,16). The molecule has 1 saturated heterocycles. The number of primary amides is 1. The number of hydrogen-bond acceptors (Lipinski definition) is 6. The topological polar surface area (TPSA) is 84.1 Å². The van der Waals surface area contributed by atoms with Crippen molar-refractivity contribution in [1.29, 1.82) is 0 Å². The van der Waals surface area contributed by atoms with E-state index in [0.717, 1.165) is 49.7 Å². The Kier molecular flexibility index (Phi) is 5.09. The Balaban J connectivity index is 1.76. The van der Waals surface area contributed by atoms with Gasteiger partial charge in [0.25, 0.3) is 0 Å². The Hall–Kier alpha value is -1.21. The maximum absolute atomic E-state index is 10.9. The van der Waals surface area contributed by atoms with Gasteiger partial charge in [-0.25, -0.2) is 4.98 Å². The van der Waals surface area contributed by atoms with Gasteiger partial charge in [0, 0.05) is 37.1 Å². The van der Waals surface area contributed by atoms with Gasteiger partial charge < -0.3 is 11.1 Å². The van der Waals surface area contributed by atoms with Crippen molar-refractivity contribution in [3.8, 4) is 0 Å². The molecule has 0 radical (unpaired) electrons. The van der Waals surface area contributed by atoms with Crippen molar-refractivity contribution >= 4 is 22.6 Å². The molecule has 0 aliphatic carbocycles. The zero-order chi connectivity index (χ0) is 13.7. The molecule has 1 aromatic heterocycles. The fourth-order valence-corrected chi connectivity index (χ4v) is 2.96. The summed E-state index contributed by atoms with van der Waals surface area (Å²) in [5.74, 6) is 0.681. The van der Waals surface area contributed by atoms with E-state index in [9.17, 15) is 4.79 Å². The van der Waals surface area contributed by atoms with Gasteiger partial charge >= 0.3 is 0 Å². The van der Waals surface area contributed by atoms with Crippen LogP contribution in [0.15, 0.2) is 0 Å². The van der Waals surface area contributed by atoms with Crippen molar-refractivity contribution < 1.29 is 4.79 Å². The number of hydrogen-bond donors (Lipinski definition) is 2. The summed E-state index contributed by atoms with van der Waals surface area (Å²) < 4.78 is 4.32. The summed E-state index contributed by atoms with van der Waals surface area (Å²) in [7, 11) is 0. The first-order valence-corrected chi connectivity index (χ1v) is 7.54. The van der Waals surface area contributed by atoms with Crippen molar-refractivity contribution in [1.82, 2.24) is 14.3 Å². The van der Waals surface area contributed by atoms with Gasteiger partial charge in [-0.2, -0.15) is 4.37 Å². The van der Waals surface area contributed by atoms with E-state index in [0.29, 0.717) is 12.6 Å². The van der Waals surface area contributed by atoms with Gasteiger partial charge in [-0.05, 0) is 19.3 Å². The number of carbonyl (C=O) groups excluding carboxylic acids is 1. The van der Waals surface area contributed by atoms with Crippen LogP contribution in [0.5, 0.6) is 0 Å². The largest absolute Gasteiger partial charge is 0.369 e. The van der Waals surface area contributed by atoms with Gasteiger partial charge in [0.15, 0.2) is 0 Å². The van der Waals surface area contributed by atoms with Crippen LogP contribution >= 0.6 is 11.5 Å². The van der Waals surface area contributed by atoms with Gasteiger partial charge in [0.1, 0.15) is 5.82 Å². The SMILES string of the molecule is CCCc1nsc(NC2CCN(CC(N)=O)CC2)n1. The number of nitrogens with two attached hydrogens (primary N) is 1. The lowest BCUT2D eigenvalue weighted by atomic mass is 10.1. The third-order valence-corrected chi connectivity index (χ3v) is 3.92. The molecule has 2 heterocycles. The van der Waals surface area contributed by atoms with Crippen molar-refractivity contribution in [3.05, 3.63) is 5.82 Å². The average molecular weight is 283 g/mol. The normalized spacial score (nSPS) is 17.5. The average Bonchev–Trinajstić information content (AvgIpc) is 2.79. The molecular weight excluding hydrogens is 262 g/mol. The van der Waals surface area contributed by atoms with E-state index < -0.39 is 0 Å². The molecule has 6 nitrogen and oxygen atoms in total. The lowest BCUT2D eigenvalue weighted by Crippen LogP contribution is -2.42. The summed E-state index contributed by atoms with van der Waals surface area (Å²) in [4.78, 5) is 17.4. The Bertz CT molecular complexity index is 414. The zero-order valence-electron chi connectivity index (χ0n) is 11.3. The van der Waals surface area contributed by atoms with Gasteiger partial charge in [0.2, 0.25) is 11.0 Å². The second-order valence-corrected chi connectivity index (χ2v) is 5.68. The molecule has 1 fully saturated rings. The Morgan fingerprint density at radius 2 is 2.26 bits per heavy atom. The van der Waals surface area contributed by atoms with Crippen LogP contribution in [0.2, 0.25) is 0 Å². The van der Waals surface area contributed by atoms with E-state index in [1.807, 2.05) is 0 Å². The molecule has 3 N–H and O–H groups in total. The minimum Gasteiger partial charge on any atom is -0.369 e. The first kappa shape index (κ1) is 14.2. The van der Waals surface area contributed by atoms with Gasteiger partial charge in [-0.15, -0.1) is 0 Å². The lowest BCUT2D eigenvalue weighted by Gasteiger charge is -2.31. The molecule has 7 heteroatoms. The summed E-state index contributed by atoms with van der Waals surface area (Å²) in [6.07, 6.45) is 4.03. The highest BCUT2D eigenvalue weighted by Gasteiger charge is 2.20. The summed E-state index contributed by atoms with van der Waals surface area (Å²) in [6.45, 7) is 4.30. The highest BCUT2D eigenvalue weighted by molar-refractivity contribution is 7.09. The quantitative estimate of drug-likeness (QED) is 0.808. The van der Waals surface area contributed by atoms with E-state index in [2.05, 4.69) is 26.5 Å². The summed E-state index contributed by atoms with van der Waals surface area (Å²) >= 11 is 1.43. The fourth-order valence-electron chi connectivity index (χ4n) is 2.27. The van der Waals surface area contributed by atoms with Crippen molar-refractivity contribution in [3.63, 3.8) is 0 Å². The van der Waals surface area contributed by atoms with Crippen LogP contribution in [0.1, 0.15) is 32.0 Å². The van der Waals surface area contributed by atoms with E-state index in [4.69, 9.17) is 5.73 Å². The van der Waals surface area contributed by atoms with Crippen molar-refractivity contribution in [2.24, 2.45) is 5.73 Å². The predicted octanol–water partition coefficient (Wildman–Crippen LogP) is 0.852. The van der Waals surface area contributed by atoms with Crippen LogP contribution in [-0.2, 0) is 11.2 Å². The summed E-state index contributed by atoms with van der Waals surface area (Å²) in [6, 6.07) is 0.423. The first-order chi connectivity index (χ1) is 9.17. The van der Waals surface area contributed by atoms with E-state index in [1.165, 1.54) is 11.5 Å². The number of nitrogens with zero attached hydrogens (tertiary/aromatic N) is 3. The monoisotopic (exact) mass is 283 g/mol. The minimum atomic E-state index is -0.250. The summed E-state index contributed by atoms with van der Waals surface area (Å²) in [5.41, 5.74) is 5.20. The third-order valence-electron chi connectivity index (χ3n) is 3.24. The molecule has 1 aromatic rings. The minimum absolute atomic E-state index is 0.250. The number of aryl methyl sites for hydroxylation is 1. The maximum atomic E-state index is 10.9. The molecule has 1 aliphatic rings. The van der Waals surface area contributed by atoms with Gasteiger partial charge in [0.05, 0.1) is 6.54 Å². The molecule has 0 unspecified atom stereocenters. The second kappa shape index (κ2) is 6.81. The Morgan fingerprint density at radius 1 is 1.53 bits per heavy atom. The molecule has 1 amide bonds. The zero-order valence-corrected chi connectivity index (χ0v) is 12.1. The molecule has 19 heavy (non-hydrogen) atoms. The highest BCUT2D eigenvalue weighted by Crippen LogP contribution is 2.18. The van der Waals surface area contributed by atoms with Crippen LogP contribution in [0, 0.1) is 0 Å². The lowest BCUT2D eigenvalue weighted by molar-refractivity contribution is -0.119. The van der Waals surface area contributed by atoms with Crippen LogP contribution < -0.4 is 11.1 Å². The van der Waals surface area contributed by atoms with Crippen molar-refractivity contribution in [2.45, 2.75) is 38.6 Å². The van der Waals surface area contributed by atoms with Crippen LogP contribution in [-0.4, -0.2) is 45.8 Å². The van der Waals surface area contributed by atoms with E-state index >= 15 is 0 Å². The first-order valence-electron chi connectivity index (χ1n) is 6.77. The Labute approximate surface area is 117 Å². The third kappa shape index (κ3) is 4.43. The molecule has 0 bridgehead atoms. The second-order valence-electron chi connectivity index (χ2n) is 4.93. The Morgan fingerprint density at radius 3 is 2.89 bits per heavy atom. The van der Waals surface area contributed by atoms with Gasteiger partial charge in [-0.3, -0.25) is 9.69 Å². The number of carbonyl (C=O) groups is 1. The number of likely N-dealkylation sites (tertiary alicyclic amines) is 1.